The Morgan fingerprint density at radius 2 is 1.92 bits per heavy atom. The maximum atomic E-state index is 11.0. The summed E-state index contributed by atoms with van der Waals surface area (Å²) >= 11 is 0. The molecule has 1 aliphatic rings. The molecular formula is C9H16N2O2. The Kier molecular flexibility index (Phi) is 3.89. The van der Waals surface area contributed by atoms with Crippen LogP contribution in [-0.2, 0) is 9.59 Å². The molecule has 0 aromatic heterocycles. The predicted octanol–water partition coefficient (Wildman–Crippen LogP) is -0.261. The number of carbonyl (C=O) groups is 2. The van der Waals surface area contributed by atoms with E-state index in [0.29, 0.717) is 19.4 Å². The first-order valence-corrected chi connectivity index (χ1v) is 4.74. The highest BCUT2D eigenvalue weighted by atomic mass is 16.2. The summed E-state index contributed by atoms with van der Waals surface area (Å²) in [6.07, 6.45) is 1.54. The van der Waals surface area contributed by atoms with Gasteiger partial charge in [0.25, 0.3) is 5.91 Å². The van der Waals surface area contributed by atoms with E-state index in [1.165, 1.54) is 0 Å². The zero-order valence-corrected chi connectivity index (χ0v) is 8.03. The lowest BCUT2D eigenvalue weighted by Gasteiger charge is -2.33. The van der Waals surface area contributed by atoms with Gasteiger partial charge in [-0.25, -0.2) is 0 Å². The fourth-order valence-electron chi connectivity index (χ4n) is 1.58. The van der Waals surface area contributed by atoms with Crippen LogP contribution in [0.2, 0.25) is 0 Å². The van der Waals surface area contributed by atoms with Gasteiger partial charge in [0.2, 0.25) is 6.29 Å². The molecule has 13 heavy (non-hydrogen) atoms. The number of aldehydes is 1. The molecule has 0 radical (unpaired) electrons. The molecule has 0 atom stereocenters. The zero-order valence-electron chi connectivity index (χ0n) is 8.03. The van der Waals surface area contributed by atoms with Gasteiger partial charge in [0.1, 0.15) is 0 Å². The highest BCUT2D eigenvalue weighted by molar-refractivity contribution is 6.23. The van der Waals surface area contributed by atoms with E-state index in [1.807, 2.05) is 0 Å². The minimum Gasteiger partial charge on any atom is -0.334 e. The van der Waals surface area contributed by atoms with Crippen molar-refractivity contribution in [3.05, 3.63) is 0 Å². The number of carbonyl (C=O) groups excluding carboxylic acids is 2. The van der Waals surface area contributed by atoms with E-state index < -0.39 is 0 Å². The minimum atomic E-state index is -0.379. The van der Waals surface area contributed by atoms with Crippen molar-refractivity contribution < 1.29 is 9.59 Å². The Morgan fingerprint density at radius 1 is 1.31 bits per heavy atom. The molecule has 0 aliphatic carbocycles. The second-order valence-corrected chi connectivity index (χ2v) is 3.28. The highest BCUT2D eigenvalue weighted by Gasteiger charge is 2.19. The van der Waals surface area contributed by atoms with Crippen molar-refractivity contribution in [1.82, 2.24) is 9.80 Å². The van der Waals surface area contributed by atoms with Crippen molar-refractivity contribution in [3.8, 4) is 0 Å². The van der Waals surface area contributed by atoms with E-state index >= 15 is 0 Å². The molecule has 1 amide bonds. The van der Waals surface area contributed by atoms with Crippen LogP contribution in [0.3, 0.4) is 0 Å². The number of nitrogens with zero attached hydrogens (tertiary/aromatic N) is 2. The van der Waals surface area contributed by atoms with Crippen LogP contribution in [-0.4, -0.2) is 54.7 Å². The summed E-state index contributed by atoms with van der Waals surface area (Å²) in [4.78, 5) is 25.1. The summed E-state index contributed by atoms with van der Waals surface area (Å²) in [5.74, 6) is -0.379. The maximum Gasteiger partial charge on any atom is 0.286 e. The van der Waals surface area contributed by atoms with Gasteiger partial charge < -0.3 is 4.90 Å². The molecule has 0 spiro atoms. The summed E-state index contributed by atoms with van der Waals surface area (Å²) in [6.45, 7) is 6.40. The average molecular weight is 184 g/mol. The molecule has 0 N–H and O–H groups in total. The van der Waals surface area contributed by atoms with Gasteiger partial charge in [0.15, 0.2) is 0 Å². The molecule has 1 aliphatic heterocycles. The molecule has 4 heteroatoms. The lowest BCUT2D eigenvalue weighted by atomic mass is 10.3. The largest absolute Gasteiger partial charge is 0.334 e. The summed E-state index contributed by atoms with van der Waals surface area (Å²) in [7, 11) is 0. The van der Waals surface area contributed by atoms with Crippen LogP contribution >= 0.6 is 0 Å². The van der Waals surface area contributed by atoms with Crippen molar-refractivity contribution in [2.24, 2.45) is 0 Å². The zero-order chi connectivity index (χ0) is 9.68. The van der Waals surface area contributed by atoms with Crippen LogP contribution in [0.25, 0.3) is 0 Å². The molecule has 0 bridgehead atoms. The normalized spacial score (nSPS) is 18.7. The fraction of sp³-hybridized carbons (Fsp3) is 0.778. The Hall–Kier alpha value is -0.900. The Labute approximate surface area is 78.5 Å². The van der Waals surface area contributed by atoms with Crippen LogP contribution in [0.15, 0.2) is 0 Å². The van der Waals surface area contributed by atoms with Gasteiger partial charge in [-0.15, -0.1) is 0 Å². The van der Waals surface area contributed by atoms with E-state index in [4.69, 9.17) is 0 Å². The Balaban J connectivity index is 2.30. The molecule has 0 aromatic carbocycles. The molecular weight excluding hydrogens is 168 g/mol. The lowest BCUT2D eigenvalue weighted by Crippen LogP contribution is -2.49. The van der Waals surface area contributed by atoms with Gasteiger partial charge in [-0.05, 0) is 13.0 Å². The molecule has 1 saturated heterocycles. The third kappa shape index (κ3) is 2.81. The van der Waals surface area contributed by atoms with Crippen LogP contribution in [0, 0.1) is 0 Å². The lowest BCUT2D eigenvalue weighted by molar-refractivity contribution is -0.140. The molecule has 0 unspecified atom stereocenters. The third-order valence-corrected chi connectivity index (χ3v) is 2.32. The topological polar surface area (TPSA) is 40.6 Å². The Morgan fingerprint density at radius 3 is 2.38 bits per heavy atom. The number of hydrogen-bond donors (Lipinski definition) is 0. The van der Waals surface area contributed by atoms with Gasteiger partial charge in [0.05, 0.1) is 0 Å². The first-order valence-electron chi connectivity index (χ1n) is 4.74. The first-order chi connectivity index (χ1) is 6.27. The minimum absolute atomic E-state index is 0.379. The van der Waals surface area contributed by atoms with Crippen LogP contribution in [0.1, 0.15) is 13.3 Å². The summed E-state index contributed by atoms with van der Waals surface area (Å²) in [5.41, 5.74) is 0. The molecule has 4 nitrogen and oxygen atoms in total. The summed E-state index contributed by atoms with van der Waals surface area (Å²) in [5, 5.41) is 0. The first kappa shape index (κ1) is 10.2. The van der Waals surface area contributed by atoms with E-state index in [1.54, 1.807) is 4.90 Å². The van der Waals surface area contributed by atoms with Gasteiger partial charge in [-0.1, -0.05) is 6.92 Å². The molecule has 1 heterocycles. The van der Waals surface area contributed by atoms with Crippen molar-refractivity contribution >= 4 is 12.2 Å². The van der Waals surface area contributed by atoms with Crippen molar-refractivity contribution in [2.75, 3.05) is 32.7 Å². The Bertz CT molecular complexity index is 186. The highest BCUT2D eigenvalue weighted by Crippen LogP contribution is 2.01. The number of piperazine rings is 1. The fourth-order valence-corrected chi connectivity index (χ4v) is 1.58. The predicted molar refractivity (Wildman–Crippen MR) is 49.4 cm³/mol. The van der Waals surface area contributed by atoms with E-state index in [9.17, 15) is 9.59 Å². The third-order valence-electron chi connectivity index (χ3n) is 2.32. The quantitative estimate of drug-likeness (QED) is 0.448. The number of amides is 1. The van der Waals surface area contributed by atoms with Crippen molar-refractivity contribution in [3.63, 3.8) is 0 Å². The summed E-state index contributed by atoms with van der Waals surface area (Å²) < 4.78 is 0. The summed E-state index contributed by atoms with van der Waals surface area (Å²) in [6, 6.07) is 0. The second kappa shape index (κ2) is 4.97. The molecule has 0 aromatic rings. The SMILES string of the molecule is CCCN1CCN(C(=O)C=O)CC1. The van der Waals surface area contributed by atoms with E-state index in [-0.39, 0.29) is 5.91 Å². The second-order valence-electron chi connectivity index (χ2n) is 3.28. The monoisotopic (exact) mass is 184 g/mol. The van der Waals surface area contributed by atoms with Crippen molar-refractivity contribution in [2.45, 2.75) is 13.3 Å². The molecule has 1 rings (SSSR count). The van der Waals surface area contributed by atoms with E-state index in [2.05, 4.69) is 11.8 Å². The van der Waals surface area contributed by atoms with Crippen LogP contribution in [0.4, 0.5) is 0 Å². The van der Waals surface area contributed by atoms with Gasteiger partial charge in [-0.2, -0.15) is 0 Å². The smallest absolute Gasteiger partial charge is 0.286 e. The van der Waals surface area contributed by atoms with Crippen LogP contribution in [0.5, 0.6) is 0 Å². The standard InChI is InChI=1S/C9H16N2O2/c1-2-3-10-4-6-11(7-5-10)9(13)8-12/h8H,2-7H2,1H3. The number of rotatable bonds is 3. The molecule has 0 saturated carbocycles. The van der Waals surface area contributed by atoms with Gasteiger partial charge >= 0.3 is 0 Å². The average Bonchev–Trinajstić information content (AvgIpc) is 2.18. The van der Waals surface area contributed by atoms with Crippen molar-refractivity contribution in [1.29, 1.82) is 0 Å². The van der Waals surface area contributed by atoms with Gasteiger partial charge in [-0.3, -0.25) is 14.5 Å². The molecule has 74 valence electrons. The van der Waals surface area contributed by atoms with Crippen LogP contribution < -0.4 is 0 Å². The maximum absolute atomic E-state index is 11.0. The van der Waals surface area contributed by atoms with E-state index in [0.717, 1.165) is 26.1 Å². The number of hydrogen-bond acceptors (Lipinski definition) is 3. The van der Waals surface area contributed by atoms with Gasteiger partial charge in [0, 0.05) is 26.2 Å². The molecule has 1 fully saturated rings.